The third-order valence-electron chi connectivity index (χ3n) is 6.16. The standard InChI is InChI=1S/C26H33N5O2.HI/c1-27-26(29-13-11-21-7-4-6-20-8-5-12-28-25(20)21)31-16-14-30(15-17-31)19-22-18-23(32-2)9-10-24(22)33-3;/h4-10,12,18H,11,13-17,19H2,1-3H3,(H,27,29);1H. The first-order valence-corrected chi connectivity index (χ1v) is 11.4. The normalized spacial score (nSPS) is 14.6. The molecule has 182 valence electrons. The molecular formula is C26H34IN5O2. The van der Waals surface area contributed by atoms with Gasteiger partial charge in [0.05, 0.1) is 19.7 Å². The maximum absolute atomic E-state index is 5.54. The highest BCUT2D eigenvalue weighted by atomic mass is 127. The van der Waals surface area contributed by atoms with Gasteiger partial charge in [-0.25, -0.2) is 0 Å². The van der Waals surface area contributed by atoms with Gasteiger partial charge in [0, 0.05) is 63.5 Å². The molecule has 0 amide bonds. The summed E-state index contributed by atoms with van der Waals surface area (Å²) in [6.45, 7) is 5.46. The molecule has 1 aromatic heterocycles. The molecule has 0 unspecified atom stereocenters. The predicted octanol–water partition coefficient (Wildman–Crippen LogP) is 3.81. The molecule has 0 atom stereocenters. The van der Waals surface area contributed by atoms with Crippen LogP contribution in [0.4, 0.5) is 0 Å². The summed E-state index contributed by atoms with van der Waals surface area (Å²) in [5, 5.41) is 4.73. The van der Waals surface area contributed by atoms with Crippen molar-refractivity contribution in [3.63, 3.8) is 0 Å². The molecule has 4 rings (SSSR count). The Balaban J connectivity index is 0.00000324. The molecule has 1 aliphatic heterocycles. The van der Waals surface area contributed by atoms with Gasteiger partial charge in [0.1, 0.15) is 11.5 Å². The molecule has 1 aliphatic rings. The van der Waals surface area contributed by atoms with E-state index in [-0.39, 0.29) is 24.0 Å². The Bertz CT molecular complexity index is 1090. The van der Waals surface area contributed by atoms with E-state index < -0.39 is 0 Å². The number of hydrogen-bond acceptors (Lipinski definition) is 5. The molecule has 0 saturated carbocycles. The van der Waals surface area contributed by atoms with E-state index in [0.29, 0.717) is 0 Å². The Kier molecular flexibility index (Phi) is 9.76. The van der Waals surface area contributed by atoms with Crippen LogP contribution in [0.2, 0.25) is 0 Å². The number of pyridine rings is 1. The number of para-hydroxylation sites is 1. The first kappa shape index (κ1) is 26.0. The highest BCUT2D eigenvalue weighted by molar-refractivity contribution is 14.0. The molecule has 3 aromatic rings. The summed E-state index contributed by atoms with van der Waals surface area (Å²) < 4.78 is 10.9. The summed E-state index contributed by atoms with van der Waals surface area (Å²) in [4.78, 5) is 13.9. The van der Waals surface area contributed by atoms with Crippen LogP contribution in [0.25, 0.3) is 10.9 Å². The summed E-state index contributed by atoms with van der Waals surface area (Å²) in [7, 11) is 5.27. The van der Waals surface area contributed by atoms with Gasteiger partial charge in [0.25, 0.3) is 0 Å². The summed E-state index contributed by atoms with van der Waals surface area (Å²) in [5.41, 5.74) is 3.49. The van der Waals surface area contributed by atoms with Gasteiger partial charge in [-0.1, -0.05) is 24.3 Å². The number of aliphatic imine (C=N–C) groups is 1. The quantitative estimate of drug-likeness (QED) is 0.263. The smallest absolute Gasteiger partial charge is 0.193 e. The number of halogens is 1. The van der Waals surface area contributed by atoms with Crippen LogP contribution < -0.4 is 14.8 Å². The minimum absolute atomic E-state index is 0. The van der Waals surface area contributed by atoms with E-state index in [4.69, 9.17) is 9.47 Å². The fourth-order valence-electron chi connectivity index (χ4n) is 4.37. The number of ether oxygens (including phenoxy) is 2. The van der Waals surface area contributed by atoms with Crippen LogP contribution in [0.1, 0.15) is 11.1 Å². The predicted molar refractivity (Wildman–Crippen MR) is 149 cm³/mol. The number of nitrogens with one attached hydrogen (secondary N) is 1. The summed E-state index contributed by atoms with van der Waals surface area (Å²) in [6, 6.07) is 16.4. The van der Waals surface area contributed by atoms with Crippen molar-refractivity contribution in [3.8, 4) is 11.5 Å². The van der Waals surface area contributed by atoms with E-state index >= 15 is 0 Å². The third-order valence-corrected chi connectivity index (χ3v) is 6.16. The summed E-state index contributed by atoms with van der Waals surface area (Å²) in [6.07, 6.45) is 2.77. The molecule has 2 heterocycles. The lowest BCUT2D eigenvalue weighted by molar-refractivity contribution is 0.171. The average Bonchev–Trinajstić information content (AvgIpc) is 2.87. The molecule has 0 radical (unpaired) electrons. The average molecular weight is 575 g/mol. The molecule has 2 aromatic carbocycles. The van der Waals surface area contributed by atoms with Gasteiger partial charge < -0.3 is 19.7 Å². The number of piperazine rings is 1. The van der Waals surface area contributed by atoms with Crippen LogP contribution in [0.3, 0.4) is 0 Å². The van der Waals surface area contributed by atoms with Crippen LogP contribution in [-0.2, 0) is 13.0 Å². The maximum Gasteiger partial charge on any atom is 0.193 e. The number of hydrogen-bond donors (Lipinski definition) is 1. The minimum atomic E-state index is 0. The zero-order valence-corrected chi connectivity index (χ0v) is 22.5. The molecule has 34 heavy (non-hydrogen) atoms. The number of guanidine groups is 1. The molecular weight excluding hydrogens is 541 g/mol. The van der Waals surface area contributed by atoms with Crippen molar-refractivity contribution in [1.82, 2.24) is 20.1 Å². The van der Waals surface area contributed by atoms with E-state index in [9.17, 15) is 0 Å². The Morgan fingerprint density at radius 3 is 2.53 bits per heavy atom. The van der Waals surface area contributed by atoms with Crippen molar-refractivity contribution in [2.24, 2.45) is 4.99 Å². The lowest BCUT2D eigenvalue weighted by Gasteiger charge is -2.36. The number of fused-ring (bicyclic) bond motifs is 1. The second-order valence-electron chi connectivity index (χ2n) is 8.16. The molecule has 1 saturated heterocycles. The highest BCUT2D eigenvalue weighted by Gasteiger charge is 2.21. The Morgan fingerprint density at radius 1 is 1.00 bits per heavy atom. The molecule has 1 N–H and O–H groups in total. The second-order valence-corrected chi connectivity index (χ2v) is 8.16. The van der Waals surface area contributed by atoms with Gasteiger partial charge in [-0.3, -0.25) is 14.9 Å². The van der Waals surface area contributed by atoms with Crippen LogP contribution in [0, 0.1) is 0 Å². The van der Waals surface area contributed by atoms with Crippen LogP contribution >= 0.6 is 24.0 Å². The van der Waals surface area contributed by atoms with Crippen molar-refractivity contribution in [3.05, 3.63) is 65.9 Å². The molecule has 0 bridgehead atoms. The topological polar surface area (TPSA) is 62.2 Å². The van der Waals surface area contributed by atoms with Crippen molar-refractivity contribution in [1.29, 1.82) is 0 Å². The van der Waals surface area contributed by atoms with Crippen LogP contribution in [0.5, 0.6) is 11.5 Å². The maximum atomic E-state index is 5.54. The van der Waals surface area contributed by atoms with Gasteiger partial charge in [-0.05, 0) is 36.2 Å². The molecule has 8 heteroatoms. The van der Waals surface area contributed by atoms with E-state index in [0.717, 1.165) is 74.2 Å². The van der Waals surface area contributed by atoms with Gasteiger partial charge in [-0.15, -0.1) is 24.0 Å². The van der Waals surface area contributed by atoms with E-state index in [1.165, 1.54) is 10.9 Å². The SMILES string of the molecule is CN=C(NCCc1cccc2cccnc12)N1CCN(Cc2cc(OC)ccc2OC)CC1.I. The Labute approximate surface area is 219 Å². The lowest BCUT2D eigenvalue weighted by atomic mass is 10.1. The Hall–Kier alpha value is -2.59. The summed E-state index contributed by atoms with van der Waals surface area (Å²) >= 11 is 0. The molecule has 0 spiro atoms. The number of nitrogens with zero attached hydrogens (tertiary/aromatic N) is 4. The first-order valence-electron chi connectivity index (χ1n) is 11.4. The van der Waals surface area contributed by atoms with E-state index in [1.807, 2.05) is 31.4 Å². The zero-order chi connectivity index (χ0) is 23.0. The van der Waals surface area contributed by atoms with Crippen molar-refractivity contribution in [2.75, 3.05) is 54.0 Å². The van der Waals surface area contributed by atoms with Crippen molar-refractivity contribution in [2.45, 2.75) is 13.0 Å². The van der Waals surface area contributed by atoms with Gasteiger partial charge in [0.15, 0.2) is 5.96 Å². The third kappa shape index (κ3) is 6.29. The van der Waals surface area contributed by atoms with Crippen molar-refractivity contribution >= 4 is 40.8 Å². The number of benzene rings is 2. The molecule has 1 fully saturated rings. The highest BCUT2D eigenvalue weighted by Crippen LogP contribution is 2.25. The van der Waals surface area contributed by atoms with E-state index in [1.54, 1.807) is 14.2 Å². The number of aromatic nitrogens is 1. The van der Waals surface area contributed by atoms with Gasteiger partial charge >= 0.3 is 0 Å². The second kappa shape index (κ2) is 12.8. The van der Waals surface area contributed by atoms with Crippen LogP contribution in [0.15, 0.2) is 59.7 Å². The lowest BCUT2D eigenvalue weighted by Crippen LogP contribution is -2.52. The molecule has 0 aliphatic carbocycles. The van der Waals surface area contributed by atoms with Gasteiger partial charge in [0.2, 0.25) is 0 Å². The summed E-state index contributed by atoms with van der Waals surface area (Å²) in [5.74, 6) is 2.72. The number of rotatable bonds is 7. The number of methoxy groups -OCH3 is 2. The largest absolute Gasteiger partial charge is 0.497 e. The van der Waals surface area contributed by atoms with Crippen molar-refractivity contribution < 1.29 is 9.47 Å². The van der Waals surface area contributed by atoms with E-state index in [2.05, 4.69) is 55.4 Å². The zero-order valence-electron chi connectivity index (χ0n) is 20.2. The fourth-order valence-corrected chi connectivity index (χ4v) is 4.37. The Morgan fingerprint density at radius 2 is 1.79 bits per heavy atom. The van der Waals surface area contributed by atoms with Crippen LogP contribution in [-0.4, -0.2) is 74.7 Å². The first-order chi connectivity index (χ1) is 16.2. The fraction of sp³-hybridized carbons (Fsp3) is 0.385. The minimum Gasteiger partial charge on any atom is -0.497 e. The monoisotopic (exact) mass is 575 g/mol. The molecule has 7 nitrogen and oxygen atoms in total. The van der Waals surface area contributed by atoms with Gasteiger partial charge in [-0.2, -0.15) is 0 Å².